The van der Waals surface area contributed by atoms with Crippen molar-refractivity contribution >= 4 is 23.2 Å². The highest BCUT2D eigenvalue weighted by atomic mass is 35.5. The third-order valence-electron chi connectivity index (χ3n) is 4.62. The van der Waals surface area contributed by atoms with Gasteiger partial charge in [0.05, 0.1) is 12.2 Å². The van der Waals surface area contributed by atoms with Crippen molar-refractivity contribution in [2.75, 3.05) is 11.9 Å². The summed E-state index contributed by atoms with van der Waals surface area (Å²) in [5.41, 5.74) is 1.32. The maximum atomic E-state index is 12.7. The molecule has 0 aliphatic carbocycles. The van der Waals surface area contributed by atoms with Crippen molar-refractivity contribution in [3.63, 3.8) is 0 Å². The molecule has 0 radical (unpaired) electrons. The summed E-state index contributed by atoms with van der Waals surface area (Å²) in [4.78, 5) is 12.6. The van der Waals surface area contributed by atoms with Gasteiger partial charge in [-0.3, -0.25) is 4.79 Å². The van der Waals surface area contributed by atoms with Crippen LogP contribution in [0.25, 0.3) is 0 Å². The monoisotopic (exact) mass is 463 g/mol. The van der Waals surface area contributed by atoms with E-state index in [4.69, 9.17) is 21.1 Å². The second kappa shape index (κ2) is 9.96. The average Bonchev–Trinajstić information content (AvgIpc) is 2.75. The van der Waals surface area contributed by atoms with Gasteiger partial charge in [0, 0.05) is 21.8 Å². The zero-order valence-corrected chi connectivity index (χ0v) is 18.2. The van der Waals surface area contributed by atoms with Crippen LogP contribution in [0.3, 0.4) is 0 Å². The molecule has 3 aromatic rings. The second-order valence-corrected chi connectivity index (χ2v) is 7.39. The van der Waals surface area contributed by atoms with Gasteiger partial charge in [-0.2, -0.15) is 13.2 Å². The van der Waals surface area contributed by atoms with Gasteiger partial charge >= 0.3 is 6.18 Å². The van der Waals surface area contributed by atoms with Crippen LogP contribution in [0.5, 0.6) is 11.5 Å². The van der Waals surface area contributed by atoms with Crippen molar-refractivity contribution in [3.05, 3.63) is 87.9 Å². The summed E-state index contributed by atoms with van der Waals surface area (Å²) in [6.07, 6.45) is -4.44. The Bertz CT molecular complexity index is 1100. The maximum absolute atomic E-state index is 12.7. The number of nitrogens with one attached hydrogen (secondary N) is 1. The van der Waals surface area contributed by atoms with E-state index in [1.807, 2.05) is 19.9 Å². The predicted octanol–water partition coefficient (Wildman–Crippen LogP) is 6.90. The molecule has 32 heavy (non-hydrogen) atoms. The third kappa shape index (κ3) is 5.95. The number of carbonyl (C=O) groups is 1. The molecule has 0 aliphatic heterocycles. The molecule has 3 aromatic carbocycles. The van der Waals surface area contributed by atoms with Gasteiger partial charge in [-0.15, -0.1) is 0 Å². The van der Waals surface area contributed by atoms with Crippen LogP contribution in [0.15, 0.2) is 60.7 Å². The Morgan fingerprint density at radius 2 is 1.72 bits per heavy atom. The lowest BCUT2D eigenvalue weighted by Crippen LogP contribution is -2.13. The van der Waals surface area contributed by atoms with Crippen molar-refractivity contribution in [2.24, 2.45) is 0 Å². The number of halogens is 4. The van der Waals surface area contributed by atoms with Gasteiger partial charge in [-0.25, -0.2) is 0 Å². The fraction of sp³-hybridized carbons (Fsp3) is 0.208. The Labute approximate surface area is 188 Å². The number of amides is 1. The van der Waals surface area contributed by atoms with Gasteiger partial charge in [-0.05, 0) is 80.1 Å². The van der Waals surface area contributed by atoms with Crippen molar-refractivity contribution in [1.82, 2.24) is 0 Å². The third-order valence-corrected chi connectivity index (χ3v) is 5.04. The van der Waals surface area contributed by atoms with E-state index in [9.17, 15) is 18.0 Å². The van der Waals surface area contributed by atoms with E-state index in [1.165, 1.54) is 12.1 Å². The molecular weight excluding hydrogens is 443 g/mol. The molecule has 0 fully saturated rings. The molecule has 0 aliphatic rings. The first-order valence-corrected chi connectivity index (χ1v) is 10.2. The van der Waals surface area contributed by atoms with Crippen LogP contribution in [0.1, 0.15) is 34.0 Å². The Hall–Kier alpha value is -3.19. The first kappa shape index (κ1) is 23.5. The van der Waals surface area contributed by atoms with Gasteiger partial charge < -0.3 is 14.8 Å². The summed E-state index contributed by atoms with van der Waals surface area (Å²) in [6, 6.07) is 14.4. The number of hydrogen-bond donors (Lipinski definition) is 1. The Morgan fingerprint density at radius 3 is 2.34 bits per heavy atom. The Kier molecular flexibility index (Phi) is 7.30. The summed E-state index contributed by atoms with van der Waals surface area (Å²) in [7, 11) is 0. The molecule has 0 saturated heterocycles. The molecule has 4 nitrogen and oxygen atoms in total. The van der Waals surface area contributed by atoms with Gasteiger partial charge in [-0.1, -0.05) is 11.6 Å². The minimum atomic E-state index is -4.44. The largest absolute Gasteiger partial charge is 0.493 e. The summed E-state index contributed by atoms with van der Waals surface area (Å²) >= 11 is 6.04. The highest BCUT2D eigenvalue weighted by molar-refractivity contribution is 6.31. The molecule has 0 bridgehead atoms. The molecule has 3 rings (SSSR count). The summed E-state index contributed by atoms with van der Waals surface area (Å²) in [5, 5.41) is 3.23. The Morgan fingerprint density at radius 1 is 1.00 bits per heavy atom. The van der Waals surface area contributed by atoms with Gasteiger partial charge in [0.25, 0.3) is 5.91 Å². The van der Waals surface area contributed by atoms with Crippen molar-refractivity contribution < 1.29 is 27.4 Å². The molecule has 0 atom stereocenters. The van der Waals surface area contributed by atoms with Gasteiger partial charge in [0.1, 0.15) is 18.1 Å². The van der Waals surface area contributed by atoms with Crippen LogP contribution in [0, 0.1) is 6.92 Å². The molecule has 0 aromatic heterocycles. The number of ether oxygens (including phenoxy) is 2. The molecule has 0 spiro atoms. The zero-order chi connectivity index (χ0) is 23.3. The first-order chi connectivity index (χ1) is 15.2. The molecular formula is C24H21ClF3NO3. The van der Waals surface area contributed by atoms with E-state index >= 15 is 0 Å². The number of anilines is 1. The lowest BCUT2D eigenvalue weighted by Gasteiger charge is -2.14. The quantitative estimate of drug-likeness (QED) is 0.414. The topological polar surface area (TPSA) is 47.6 Å². The van der Waals surface area contributed by atoms with Crippen molar-refractivity contribution in [1.29, 1.82) is 0 Å². The smallest absolute Gasteiger partial charge is 0.416 e. The van der Waals surface area contributed by atoms with E-state index in [0.717, 1.165) is 17.7 Å². The number of carbonyl (C=O) groups excluding carboxylic acids is 1. The van der Waals surface area contributed by atoms with Crippen LogP contribution >= 0.6 is 11.6 Å². The van der Waals surface area contributed by atoms with Crippen molar-refractivity contribution in [2.45, 2.75) is 26.6 Å². The van der Waals surface area contributed by atoms with Crippen molar-refractivity contribution in [3.8, 4) is 11.5 Å². The van der Waals surface area contributed by atoms with E-state index in [2.05, 4.69) is 5.32 Å². The van der Waals surface area contributed by atoms with Gasteiger partial charge in [0.15, 0.2) is 0 Å². The molecule has 168 valence electrons. The summed E-state index contributed by atoms with van der Waals surface area (Å²) in [6.45, 7) is 4.30. The first-order valence-electron chi connectivity index (χ1n) is 9.80. The van der Waals surface area contributed by atoms with E-state index < -0.39 is 17.6 Å². The standard InChI is InChI=1S/C24H21ClF3NO3/c1-3-31-22-11-4-16(13-17(22)14-32-20-9-10-21(25)15(2)12-20)23(30)29-19-7-5-18(6-8-19)24(26,27)28/h4-13H,3,14H2,1-2H3,(H,29,30). The lowest BCUT2D eigenvalue weighted by atomic mass is 10.1. The number of hydrogen-bond acceptors (Lipinski definition) is 3. The highest BCUT2D eigenvalue weighted by Crippen LogP contribution is 2.30. The van der Waals surface area contributed by atoms with Crippen LogP contribution in [0.2, 0.25) is 5.02 Å². The zero-order valence-electron chi connectivity index (χ0n) is 17.4. The maximum Gasteiger partial charge on any atom is 0.416 e. The number of rotatable bonds is 7. The average molecular weight is 464 g/mol. The van der Waals surface area contributed by atoms with E-state index in [1.54, 1.807) is 30.3 Å². The molecule has 1 N–H and O–H groups in total. The predicted molar refractivity (Wildman–Crippen MR) is 118 cm³/mol. The van der Waals surface area contributed by atoms with Crippen LogP contribution in [-0.2, 0) is 12.8 Å². The molecule has 0 saturated carbocycles. The van der Waals surface area contributed by atoms with Gasteiger partial charge in [0.2, 0.25) is 0 Å². The van der Waals surface area contributed by atoms with Crippen LogP contribution < -0.4 is 14.8 Å². The SMILES string of the molecule is CCOc1ccc(C(=O)Nc2ccc(C(F)(F)F)cc2)cc1COc1ccc(Cl)c(C)c1. The number of aryl methyl sites for hydroxylation is 1. The molecule has 0 unspecified atom stereocenters. The van der Waals surface area contributed by atoms with Crippen LogP contribution in [0.4, 0.5) is 18.9 Å². The normalized spacial score (nSPS) is 11.2. The lowest BCUT2D eigenvalue weighted by molar-refractivity contribution is -0.137. The van der Waals surface area contributed by atoms with E-state index in [0.29, 0.717) is 34.3 Å². The Balaban J connectivity index is 1.76. The number of benzene rings is 3. The number of alkyl halides is 3. The molecule has 8 heteroatoms. The fourth-order valence-electron chi connectivity index (χ4n) is 2.94. The summed E-state index contributed by atoms with van der Waals surface area (Å²) in [5.74, 6) is 0.731. The fourth-order valence-corrected chi connectivity index (χ4v) is 3.06. The minimum absolute atomic E-state index is 0.151. The van der Waals surface area contributed by atoms with Crippen LogP contribution in [-0.4, -0.2) is 12.5 Å². The molecule has 1 amide bonds. The highest BCUT2D eigenvalue weighted by Gasteiger charge is 2.30. The summed E-state index contributed by atoms with van der Waals surface area (Å²) < 4.78 is 49.6. The second-order valence-electron chi connectivity index (χ2n) is 6.98. The molecule has 0 heterocycles. The van der Waals surface area contributed by atoms with E-state index in [-0.39, 0.29) is 12.3 Å². The minimum Gasteiger partial charge on any atom is -0.493 e.